The predicted octanol–water partition coefficient (Wildman–Crippen LogP) is 3.01. The van der Waals surface area contributed by atoms with E-state index in [1.807, 2.05) is 54.7 Å². The molecule has 0 unspecified atom stereocenters. The van der Waals surface area contributed by atoms with Crippen LogP contribution in [0, 0.1) is 0 Å². The van der Waals surface area contributed by atoms with Gasteiger partial charge >= 0.3 is 11.8 Å². The Hall–Kier alpha value is -3.67. The molecular formula is C21H18N4O2. The van der Waals surface area contributed by atoms with Crippen molar-refractivity contribution >= 4 is 39.3 Å². The molecule has 2 heterocycles. The lowest BCUT2D eigenvalue weighted by Gasteiger charge is -2.08. The summed E-state index contributed by atoms with van der Waals surface area (Å²) in [5, 5.41) is 7.33. The number of para-hydroxylation sites is 2. The molecule has 4 aromatic rings. The van der Waals surface area contributed by atoms with Gasteiger partial charge in [-0.05, 0) is 30.2 Å². The number of rotatable bonds is 4. The molecule has 0 saturated carbocycles. The van der Waals surface area contributed by atoms with Crippen LogP contribution in [0.15, 0.2) is 67.0 Å². The lowest BCUT2D eigenvalue weighted by molar-refractivity contribution is -0.136. The second kappa shape index (κ2) is 7.29. The molecule has 0 saturated heterocycles. The maximum atomic E-state index is 12.2. The van der Waals surface area contributed by atoms with Gasteiger partial charge in [-0.25, -0.2) is 0 Å². The molecule has 0 radical (unpaired) electrons. The number of pyridine rings is 1. The fraction of sp³-hybridized carbons (Fsp3) is 0.0952. The highest BCUT2D eigenvalue weighted by atomic mass is 16.2. The topological polar surface area (TPSA) is 86.9 Å². The fourth-order valence-electron chi connectivity index (χ4n) is 3.11. The predicted molar refractivity (Wildman–Crippen MR) is 105 cm³/mol. The summed E-state index contributed by atoms with van der Waals surface area (Å²) in [6.07, 6.45) is 4.22. The SMILES string of the molecule is O=C(NCCc1c[nH]c2ccccc12)C(=O)Nc1cccc2cccnc12. The molecule has 4 rings (SSSR count). The monoisotopic (exact) mass is 358 g/mol. The zero-order valence-corrected chi connectivity index (χ0v) is 14.5. The number of nitrogens with zero attached hydrogens (tertiary/aromatic N) is 1. The van der Waals surface area contributed by atoms with E-state index in [1.54, 1.807) is 12.3 Å². The van der Waals surface area contributed by atoms with E-state index in [1.165, 1.54) is 0 Å². The van der Waals surface area contributed by atoms with Crippen molar-refractivity contribution < 1.29 is 9.59 Å². The summed E-state index contributed by atoms with van der Waals surface area (Å²) in [5.41, 5.74) is 3.33. The number of hydrogen-bond acceptors (Lipinski definition) is 3. The third kappa shape index (κ3) is 3.50. The van der Waals surface area contributed by atoms with Crippen molar-refractivity contribution in [3.8, 4) is 0 Å². The number of aromatic nitrogens is 2. The normalized spacial score (nSPS) is 10.8. The minimum absolute atomic E-state index is 0.377. The molecule has 0 aliphatic heterocycles. The Bertz CT molecular complexity index is 1130. The minimum atomic E-state index is -0.702. The van der Waals surface area contributed by atoms with Gasteiger partial charge in [-0.3, -0.25) is 14.6 Å². The Kier molecular flexibility index (Phi) is 4.53. The van der Waals surface area contributed by atoms with Crippen LogP contribution in [0.4, 0.5) is 5.69 Å². The van der Waals surface area contributed by atoms with Gasteiger partial charge in [0.05, 0.1) is 11.2 Å². The third-order valence-corrected chi connectivity index (χ3v) is 4.44. The van der Waals surface area contributed by atoms with Gasteiger partial charge in [0.25, 0.3) is 0 Å². The maximum Gasteiger partial charge on any atom is 0.313 e. The van der Waals surface area contributed by atoms with E-state index >= 15 is 0 Å². The highest BCUT2D eigenvalue weighted by Gasteiger charge is 2.15. The first-order valence-corrected chi connectivity index (χ1v) is 8.70. The van der Waals surface area contributed by atoms with Crippen LogP contribution in [0.3, 0.4) is 0 Å². The van der Waals surface area contributed by atoms with Crippen molar-refractivity contribution in [1.29, 1.82) is 0 Å². The van der Waals surface area contributed by atoms with Crippen LogP contribution in [0.2, 0.25) is 0 Å². The Morgan fingerprint density at radius 1 is 0.963 bits per heavy atom. The van der Waals surface area contributed by atoms with Crippen LogP contribution in [0.1, 0.15) is 5.56 Å². The molecule has 0 fully saturated rings. The van der Waals surface area contributed by atoms with Gasteiger partial charge in [0.1, 0.15) is 0 Å². The third-order valence-electron chi connectivity index (χ3n) is 4.44. The zero-order chi connectivity index (χ0) is 18.6. The molecule has 0 atom stereocenters. The van der Waals surface area contributed by atoms with E-state index in [2.05, 4.69) is 20.6 Å². The molecule has 2 amide bonds. The van der Waals surface area contributed by atoms with Crippen LogP contribution >= 0.6 is 0 Å². The number of carbonyl (C=O) groups excluding carboxylic acids is 2. The van der Waals surface area contributed by atoms with Crippen molar-refractivity contribution in [2.45, 2.75) is 6.42 Å². The van der Waals surface area contributed by atoms with Gasteiger partial charge in [-0.15, -0.1) is 0 Å². The molecule has 0 spiro atoms. The number of H-pyrrole nitrogens is 1. The molecule has 2 aromatic carbocycles. The standard InChI is InChI=1S/C21H18N4O2/c26-20(23-12-10-15-13-24-17-8-2-1-7-16(15)17)21(27)25-18-9-3-5-14-6-4-11-22-19(14)18/h1-9,11,13,24H,10,12H2,(H,23,26)(H,25,27). The highest BCUT2D eigenvalue weighted by Crippen LogP contribution is 2.20. The van der Waals surface area contributed by atoms with E-state index in [-0.39, 0.29) is 0 Å². The molecule has 0 bridgehead atoms. The summed E-state index contributed by atoms with van der Waals surface area (Å²) in [4.78, 5) is 31.8. The minimum Gasteiger partial charge on any atom is -0.361 e. The average Bonchev–Trinajstić information content (AvgIpc) is 3.11. The summed E-state index contributed by atoms with van der Waals surface area (Å²) in [5.74, 6) is -1.37. The van der Waals surface area contributed by atoms with E-state index in [4.69, 9.17) is 0 Å². The van der Waals surface area contributed by atoms with Gasteiger partial charge in [0.2, 0.25) is 0 Å². The summed E-state index contributed by atoms with van der Waals surface area (Å²) < 4.78 is 0. The van der Waals surface area contributed by atoms with Crippen molar-refractivity contribution in [2.75, 3.05) is 11.9 Å². The Labute approximate surface area is 155 Å². The van der Waals surface area contributed by atoms with Crippen LogP contribution in [0.25, 0.3) is 21.8 Å². The van der Waals surface area contributed by atoms with Gasteiger partial charge < -0.3 is 15.6 Å². The molecule has 134 valence electrons. The number of anilines is 1. The van der Waals surface area contributed by atoms with Crippen molar-refractivity contribution in [2.24, 2.45) is 0 Å². The lowest BCUT2D eigenvalue weighted by Crippen LogP contribution is -2.36. The van der Waals surface area contributed by atoms with Gasteiger partial charge in [0.15, 0.2) is 0 Å². The second-order valence-corrected chi connectivity index (χ2v) is 6.20. The van der Waals surface area contributed by atoms with Crippen LogP contribution in [-0.2, 0) is 16.0 Å². The van der Waals surface area contributed by atoms with Gasteiger partial charge in [0, 0.05) is 35.2 Å². The first-order chi connectivity index (χ1) is 13.2. The molecule has 0 aliphatic rings. The molecule has 6 heteroatoms. The van der Waals surface area contributed by atoms with Gasteiger partial charge in [-0.1, -0.05) is 36.4 Å². The summed E-state index contributed by atoms with van der Waals surface area (Å²) in [6, 6.07) is 17.2. The molecule has 0 aliphatic carbocycles. The van der Waals surface area contributed by atoms with E-state index in [0.29, 0.717) is 24.2 Å². The first kappa shape index (κ1) is 16.8. The number of hydrogen-bond donors (Lipinski definition) is 3. The number of aromatic amines is 1. The molecular weight excluding hydrogens is 340 g/mol. The Morgan fingerprint density at radius 2 is 1.81 bits per heavy atom. The number of amides is 2. The number of carbonyl (C=O) groups is 2. The lowest BCUT2D eigenvalue weighted by atomic mass is 10.1. The zero-order valence-electron chi connectivity index (χ0n) is 14.5. The number of fused-ring (bicyclic) bond motifs is 2. The first-order valence-electron chi connectivity index (χ1n) is 8.70. The summed E-state index contributed by atoms with van der Waals surface area (Å²) in [6.45, 7) is 0.377. The van der Waals surface area contributed by atoms with Crippen molar-refractivity contribution in [3.05, 3.63) is 72.6 Å². The van der Waals surface area contributed by atoms with E-state index < -0.39 is 11.8 Å². The number of benzene rings is 2. The maximum absolute atomic E-state index is 12.2. The largest absolute Gasteiger partial charge is 0.361 e. The van der Waals surface area contributed by atoms with E-state index in [9.17, 15) is 9.59 Å². The summed E-state index contributed by atoms with van der Waals surface area (Å²) >= 11 is 0. The van der Waals surface area contributed by atoms with Crippen LogP contribution in [-0.4, -0.2) is 28.3 Å². The second-order valence-electron chi connectivity index (χ2n) is 6.20. The fourth-order valence-corrected chi connectivity index (χ4v) is 3.11. The molecule has 2 aromatic heterocycles. The molecule has 6 nitrogen and oxygen atoms in total. The highest BCUT2D eigenvalue weighted by molar-refractivity contribution is 6.40. The molecule has 27 heavy (non-hydrogen) atoms. The van der Waals surface area contributed by atoms with Crippen LogP contribution < -0.4 is 10.6 Å². The quantitative estimate of drug-likeness (QED) is 0.490. The van der Waals surface area contributed by atoms with E-state index in [0.717, 1.165) is 21.9 Å². The number of nitrogens with one attached hydrogen (secondary N) is 3. The van der Waals surface area contributed by atoms with Crippen molar-refractivity contribution in [3.63, 3.8) is 0 Å². The summed E-state index contributed by atoms with van der Waals surface area (Å²) in [7, 11) is 0. The average molecular weight is 358 g/mol. The Balaban J connectivity index is 1.37. The van der Waals surface area contributed by atoms with Crippen molar-refractivity contribution in [1.82, 2.24) is 15.3 Å². The smallest absolute Gasteiger partial charge is 0.313 e. The van der Waals surface area contributed by atoms with Gasteiger partial charge in [-0.2, -0.15) is 0 Å². The Morgan fingerprint density at radius 3 is 2.74 bits per heavy atom. The van der Waals surface area contributed by atoms with Crippen LogP contribution in [0.5, 0.6) is 0 Å². The molecule has 3 N–H and O–H groups in total.